The average Bonchev–Trinajstić information content (AvgIpc) is 3.52. The molecule has 0 bridgehead atoms. The summed E-state index contributed by atoms with van der Waals surface area (Å²) in [5.74, 6) is 1.48. The van der Waals surface area contributed by atoms with E-state index in [9.17, 15) is 0 Å². The molecule has 0 N–H and O–H groups in total. The van der Waals surface area contributed by atoms with Crippen LogP contribution in [0.2, 0.25) is 0 Å². The Hall–Kier alpha value is 0.123. The zero-order valence-corrected chi connectivity index (χ0v) is 21.5. The zero-order valence-electron chi connectivity index (χ0n) is 16.7. The van der Waals surface area contributed by atoms with Crippen LogP contribution < -0.4 is 0 Å². The van der Waals surface area contributed by atoms with Crippen LogP contribution in [-0.2, 0) is 26.3 Å². The third kappa shape index (κ3) is 7.43. The van der Waals surface area contributed by atoms with Crippen LogP contribution in [0, 0.1) is 18.8 Å². The van der Waals surface area contributed by atoms with Crippen molar-refractivity contribution in [2.24, 2.45) is 0 Å². The second kappa shape index (κ2) is 14.2. The summed E-state index contributed by atoms with van der Waals surface area (Å²) in [7, 11) is 9.87. The van der Waals surface area contributed by atoms with E-state index >= 15 is 0 Å². The largest absolute Gasteiger partial charge is 0.210 e. The van der Waals surface area contributed by atoms with Crippen molar-refractivity contribution in [3.8, 4) is 0 Å². The Morgan fingerprint density at radius 3 is 2.50 bits per heavy atom. The van der Waals surface area contributed by atoms with Gasteiger partial charge in [-0.05, 0) is 16.9 Å². The van der Waals surface area contributed by atoms with Gasteiger partial charge in [-0.25, -0.2) is 24.6 Å². The Kier molecular flexibility index (Phi) is 12.4. The van der Waals surface area contributed by atoms with Crippen LogP contribution in [0.15, 0.2) is 53.9 Å². The minimum absolute atomic E-state index is 0.343. The van der Waals surface area contributed by atoms with Gasteiger partial charge < -0.3 is 0 Å². The van der Waals surface area contributed by atoms with Gasteiger partial charge in [-0.2, -0.15) is 23.8 Å². The van der Waals surface area contributed by atoms with E-state index in [1.807, 2.05) is 11.3 Å². The number of allylic oxidation sites excluding steroid dienone is 2. The molecule has 0 aliphatic heterocycles. The van der Waals surface area contributed by atoms with Gasteiger partial charge in [-0.3, -0.25) is 0 Å². The average molecular weight is 513 g/mol. The zero-order chi connectivity index (χ0) is 20.1. The molecule has 4 rings (SSSR count). The van der Waals surface area contributed by atoms with Crippen molar-refractivity contribution in [2.75, 3.05) is 0 Å². The minimum Gasteiger partial charge on any atom is -0.210 e. The van der Waals surface area contributed by atoms with Crippen molar-refractivity contribution in [1.82, 2.24) is 0 Å². The van der Waals surface area contributed by atoms with Crippen molar-refractivity contribution in [1.29, 1.82) is 0 Å². The molecule has 1 saturated carbocycles. The molecule has 0 amide bonds. The Morgan fingerprint density at radius 1 is 1.18 bits per heavy atom. The molecule has 4 heteroatoms. The maximum atomic E-state index is 4.93. The molecule has 2 aromatic rings. The van der Waals surface area contributed by atoms with Crippen molar-refractivity contribution in [2.45, 2.75) is 63.7 Å². The normalized spacial score (nSPS) is 17.5. The summed E-state index contributed by atoms with van der Waals surface area (Å²) in [6.07, 6.45) is 19.3. The first kappa shape index (κ1) is 24.4. The molecule has 0 nitrogen and oxygen atoms in total. The quantitative estimate of drug-likeness (QED) is 0.351. The smallest absolute Gasteiger partial charge is 0.00260 e. The maximum Gasteiger partial charge on any atom is 0.00260 e. The second-order valence-electron chi connectivity index (χ2n) is 7.26. The number of thiophene rings is 1. The van der Waals surface area contributed by atoms with Gasteiger partial charge in [0.2, 0.25) is 0 Å². The number of hydrogen-bond donors (Lipinski definition) is 0. The summed E-state index contributed by atoms with van der Waals surface area (Å²) in [5.41, 5.74) is 1.88. The number of halogens is 2. The van der Waals surface area contributed by atoms with Gasteiger partial charge in [0.05, 0.1) is 0 Å². The van der Waals surface area contributed by atoms with E-state index in [-0.39, 0.29) is 0 Å². The molecule has 1 aromatic heterocycles. The maximum absolute atomic E-state index is 4.93. The van der Waals surface area contributed by atoms with Gasteiger partial charge in [0, 0.05) is 4.88 Å². The summed E-state index contributed by atoms with van der Waals surface area (Å²) in [6.45, 7) is 2.23. The molecule has 150 valence electrons. The van der Waals surface area contributed by atoms with Crippen LogP contribution in [0.4, 0.5) is 0 Å². The minimum atomic E-state index is -0.826. The van der Waals surface area contributed by atoms with E-state index in [2.05, 4.69) is 73.7 Å². The van der Waals surface area contributed by atoms with Crippen LogP contribution in [0.1, 0.15) is 68.7 Å². The second-order valence-corrected chi connectivity index (χ2v) is 11.9. The van der Waals surface area contributed by atoms with Crippen LogP contribution in [0.25, 0.3) is 0 Å². The van der Waals surface area contributed by atoms with E-state index < -0.39 is 20.8 Å². The molecule has 1 fully saturated rings. The van der Waals surface area contributed by atoms with E-state index in [1.165, 1.54) is 62.8 Å². The first-order valence-corrected chi connectivity index (χ1v) is 17.4. The molecule has 2 aliphatic rings. The van der Waals surface area contributed by atoms with Gasteiger partial charge in [0.25, 0.3) is 0 Å². The molecule has 0 spiro atoms. The van der Waals surface area contributed by atoms with Crippen molar-refractivity contribution < 1.29 is 20.8 Å². The molecule has 28 heavy (non-hydrogen) atoms. The Bertz CT molecular complexity index is 583. The first-order chi connectivity index (χ1) is 13.8. The molecule has 0 saturated heterocycles. The van der Waals surface area contributed by atoms with Gasteiger partial charge in [0.15, 0.2) is 0 Å². The van der Waals surface area contributed by atoms with E-state index in [0.29, 0.717) is 5.41 Å². The van der Waals surface area contributed by atoms with Gasteiger partial charge in [0.1, 0.15) is 0 Å². The van der Waals surface area contributed by atoms with Gasteiger partial charge >= 0.3 is 37.9 Å². The fourth-order valence-electron chi connectivity index (χ4n) is 4.04. The van der Waals surface area contributed by atoms with Crippen LogP contribution in [0.3, 0.4) is 0 Å². The summed E-state index contributed by atoms with van der Waals surface area (Å²) in [5, 5.41) is 2.22. The van der Waals surface area contributed by atoms with Crippen LogP contribution in [0.5, 0.6) is 0 Å². The topological polar surface area (TPSA) is 0 Å². The molecule has 0 unspecified atom stereocenters. The third-order valence-electron chi connectivity index (χ3n) is 5.47. The summed E-state index contributed by atoms with van der Waals surface area (Å²) in [4.78, 5) is 1.57. The predicted molar refractivity (Wildman–Crippen MR) is 122 cm³/mol. The Labute approximate surface area is 194 Å². The van der Waals surface area contributed by atoms with Gasteiger partial charge in [-0.1, -0.05) is 70.3 Å². The number of hydrogen-bond acceptors (Lipinski definition) is 1. The SMILES string of the molecule is CCCC[C]1[CH]C=C[CH-]1.[Cl][Zr+2][Cl].c1csc(C2(c3cc[cH-]c3)CCCCC2)c1. The molecular formula is C24H30Cl2SZr. The number of unbranched alkanes of at least 4 members (excludes halogenated alkanes) is 1. The monoisotopic (exact) mass is 510 g/mol. The predicted octanol–water partition coefficient (Wildman–Crippen LogP) is 8.82. The molecule has 2 radical (unpaired) electrons. The van der Waals surface area contributed by atoms with E-state index in [4.69, 9.17) is 17.0 Å². The van der Waals surface area contributed by atoms with Crippen molar-refractivity contribution >= 4 is 28.4 Å². The summed E-state index contributed by atoms with van der Waals surface area (Å²) in [6, 6.07) is 13.5. The van der Waals surface area contributed by atoms with Crippen LogP contribution >= 0.6 is 28.4 Å². The first-order valence-electron chi connectivity index (χ1n) is 10.2. The molecule has 0 atom stereocenters. The standard InChI is InChI=1S/C15H17S.C9H13.2ClH.Zr/c1-4-10-15(11-5-1,13-7-2-3-8-13)14-9-6-12-16-14;1-2-3-6-9-7-4-5-8-9;;;/h2-3,6-9,12H,1,4-5,10-11H2;4-5,7-8H,2-3,6H2,1H3;2*1H;/q2*-1;;;+4/p-2. The van der Waals surface area contributed by atoms with Crippen molar-refractivity contribution in [3.63, 3.8) is 0 Å². The Balaban J connectivity index is 0.000000199. The molecule has 1 aromatic carbocycles. The van der Waals surface area contributed by atoms with Crippen molar-refractivity contribution in [3.05, 3.63) is 83.1 Å². The molecule has 2 aliphatic carbocycles. The summed E-state index contributed by atoms with van der Waals surface area (Å²) >= 11 is 1.10. The molecule has 1 heterocycles. The Morgan fingerprint density at radius 2 is 1.96 bits per heavy atom. The molecular weight excluding hydrogens is 482 g/mol. The fraction of sp³-hybridized carbons (Fsp3) is 0.417. The van der Waals surface area contributed by atoms with Gasteiger partial charge in [-0.15, -0.1) is 17.8 Å². The summed E-state index contributed by atoms with van der Waals surface area (Å²) < 4.78 is 0. The van der Waals surface area contributed by atoms with E-state index in [1.54, 1.807) is 4.88 Å². The van der Waals surface area contributed by atoms with Crippen LogP contribution in [-0.4, -0.2) is 0 Å². The van der Waals surface area contributed by atoms with E-state index in [0.717, 1.165) is 0 Å². The number of rotatable bonds is 5. The third-order valence-corrected chi connectivity index (χ3v) is 6.54. The fourth-order valence-corrected chi connectivity index (χ4v) is 5.05.